The molecule has 2 nitrogen and oxygen atoms in total. The van der Waals surface area contributed by atoms with Crippen LogP contribution in [-0.2, 0) is 0 Å². The molecule has 0 N–H and O–H groups in total. The molecule has 0 aliphatic rings. The quantitative estimate of drug-likeness (QED) is 0.762. The third-order valence-corrected chi connectivity index (χ3v) is 3.24. The van der Waals surface area contributed by atoms with E-state index in [9.17, 15) is 0 Å². The van der Waals surface area contributed by atoms with Crippen LogP contribution >= 0.6 is 11.6 Å². The van der Waals surface area contributed by atoms with Crippen molar-refractivity contribution in [2.45, 2.75) is 0 Å². The van der Waals surface area contributed by atoms with Crippen LogP contribution < -0.4 is 0 Å². The molecule has 0 spiro atoms. The second kappa shape index (κ2) is 5.93. The first-order valence-corrected chi connectivity index (χ1v) is 6.66. The lowest BCUT2D eigenvalue weighted by molar-refractivity contribution is 0.566. The van der Waals surface area contributed by atoms with Crippen LogP contribution in [0.5, 0.6) is 0 Å². The number of hydrogen-bond donors (Lipinski definition) is 0. The highest BCUT2D eigenvalue weighted by atomic mass is 35.5. The summed E-state index contributed by atoms with van der Waals surface area (Å²) < 4.78 is 0. The second-order valence-corrected chi connectivity index (χ2v) is 5.13. The Kier molecular flexibility index (Phi) is 4.26. The molecule has 0 bridgehead atoms. The van der Waals surface area contributed by atoms with Crippen LogP contribution in [0.1, 0.15) is 11.3 Å². The molecule has 1 aromatic carbocycles. The molecule has 2 aromatic rings. The lowest BCUT2D eigenvalue weighted by atomic mass is 10.1. The SMILES string of the molecule is C=C/C(=C\N(C)C)c1cc(Cl)c2ccc(C=C)cc2n1. The number of hydrogen-bond acceptors (Lipinski definition) is 2. The van der Waals surface area contributed by atoms with E-state index in [4.69, 9.17) is 11.6 Å². The van der Waals surface area contributed by atoms with Gasteiger partial charge >= 0.3 is 0 Å². The summed E-state index contributed by atoms with van der Waals surface area (Å²) >= 11 is 6.35. The predicted molar refractivity (Wildman–Crippen MR) is 88.7 cm³/mol. The van der Waals surface area contributed by atoms with Gasteiger partial charge in [0.05, 0.1) is 16.2 Å². The fourth-order valence-corrected chi connectivity index (χ4v) is 2.24. The molecule has 2 rings (SSSR count). The fourth-order valence-electron chi connectivity index (χ4n) is 1.98. The Labute approximate surface area is 124 Å². The number of rotatable bonds is 4. The summed E-state index contributed by atoms with van der Waals surface area (Å²) in [6.45, 7) is 7.62. The smallest absolute Gasteiger partial charge is 0.0738 e. The Hall–Kier alpha value is -2.06. The van der Waals surface area contributed by atoms with E-state index in [0.717, 1.165) is 27.7 Å². The molecular formula is C17H17ClN2. The Morgan fingerprint density at radius 2 is 2.00 bits per heavy atom. The summed E-state index contributed by atoms with van der Waals surface area (Å²) in [5.74, 6) is 0. The van der Waals surface area contributed by atoms with Gasteiger partial charge in [-0.2, -0.15) is 0 Å². The molecule has 0 amide bonds. The number of benzene rings is 1. The lowest BCUT2D eigenvalue weighted by Gasteiger charge is -2.10. The second-order valence-electron chi connectivity index (χ2n) is 4.72. The van der Waals surface area contributed by atoms with E-state index in [1.807, 2.05) is 49.5 Å². The summed E-state index contributed by atoms with van der Waals surface area (Å²) in [5, 5.41) is 1.63. The standard InChI is InChI=1S/C17H17ClN2/c1-5-12-7-8-14-15(18)10-16(19-17(14)9-12)13(6-2)11-20(3)4/h5-11H,1-2H2,3-4H3/b13-11+. The van der Waals surface area contributed by atoms with Crippen molar-refractivity contribution < 1.29 is 0 Å². The fraction of sp³-hybridized carbons (Fsp3) is 0.118. The van der Waals surface area contributed by atoms with Gasteiger partial charge in [0.25, 0.3) is 0 Å². The number of nitrogens with zero attached hydrogens (tertiary/aromatic N) is 2. The summed E-state index contributed by atoms with van der Waals surface area (Å²) in [7, 11) is 3.92. The van der Waals surface area contributed by atoms with Gasteiger partial charge in [-0.05, 0) is 17.7 Å². The van der Waals surface area contributed by atoms with Gasteiger partial charge in [0.2, 0.25) is 0 Å². The highest BCUT2D eigenvalue weighted by Gasteiger charge is 2.07. The molecule has 20 heavy (non-hydrogen) atoms. The summed E-state index contributed by atoms with van der Waals surface area (Å²) in [6, 6.07) is 7.80. The van der Waals surface area contributed by atoms with Crippen molar-refractivity contribution in [3.8, 4) is 0 Å². The first-order valence-electron chi connectivity index (χ1n) is 6.29. The number of pyridine rings is 1. The molecule has 0 aliphatic heterocycles. The van der Waals surface area contributed by atoms with Gasteiger partial charge in [-0.15, -0.1) is 0 Å². The number of aromatic nitrogens is 1. The maximum absolute atomic E-state index is 6.35. The molecule has 3 heteroatoms. The topological polar surface area (TPSA) is 16.1 Å². The van der Waals surface area contributed by atoms with E-state index in [-0.39, 0.29) is 0 Å². The molecule has 0 fully saturated rings. The maximum Gasteiger partial charge on any atom is 0.0738 e. The van der Waals surface area contributed by atoms with E-state index in [1.165, 1.54) is 0 Å². The van der Waals surface area contributed by atoms with Crippen LogP contribution in [0.2, 0.25) is 5.02 Å². The van der Waals surface area contributed by atoms with Crippen molar-refractivity contribution in [1.82, 2.24) is 9.88 Å². The summed E-state index contributed by atoms with van der Waals surface area (Å²) in [4.78, 5) is 6.63. The number of halogens is 1. The molecule has 0 atom stereocenters. The number of fused-ring (bicyclic) bond motifs is 1. The van der Waals surface area contributed by atoms with Crippen LogP contribution in [0, 0.1) is 0 Å². The molecule has 0 saturated carbocycles. The van der Waals surface area contributed by atoms with Crippen molar-refractivity contribution in [1.29, 1.82) is 0 Å². The number of allylic oxidation sites excluding steroid dienone is 2. The van der Waals surface area contributed by atoms with Crippen molar-refractivity contribution in [2.75, 3.05) is 14.1 Å². The zero-order chi connectivity index (χ0) is 14.7. The van der Waals surface area contributed by atoms with Crippen LogP contribution in [-0.4, -0.2) is 24.0 Å². The van der Waals surface area contributed by atoms with Gasteiger partial charge in [0.15, 0.2) is 0 Å². The Morgan fingerprint density at radius 3 is 2.60 bits per heavy atom. The first kappa shape index (κ1) is 14.4. The minimum atomic E-state index is 0.687. The van der Waals surface area contributed by atoms with Crippen molar-refractivity contribution in [3.63, 3.8) is 0 Å². The van der Waals surface area contributed by atoms with Crippen LogP contribution in [0.15, 0.2) is 49.7 Å². The highest BCUT2D eigenvalue weighted by Crippen LogP contribution is 2.27. The van der Waals surface area contributed by atoms with Gasteiger partial charge in [-0.3, -0.25) is 0 Å². The van der Waals surface area contributed by atoms with E-state index in [0.29, 0.717) is 5.02 Å². The van der Waals surface area contributed by atoms with E-state index >= 15 is 0 Å². The van der Waals surface area contributed by atoms with E-state index < -0.39 is 0 Å². The van der Waals surface area contributed by atoms with Crippen molar-refractivity contribution in [3.05, 3.63) is 66.0 Å². The minimum absolute atomic E-state index is 0.687. The average Bonchev–Trinajstić information content (AvgIpc) is 2.43. The molecule has 0 aliphatic carbocycles. The molecule has 0 saturated heterocycles. The molecule has 1 aromatic heterocycles. The zero-order valence-corrected chi connectivity index (χ0v) is 12.5. The normalized spacial score (nSPS) is 11.4. The first-order chi connectivity index (χ1) is 9.55. The third-order valence-electron chi connectivity index (χ3n) is 2.93. The largest absolute Gasteiger partial charge is 0.383 e. The van der Waals surface area contributed by atoms with Crippen molar-refractivity contribution >= 4 is 34.2 Å². The Morgan fingerprint density at radius 1 is 1.25 bits per heavy atom. The minimum Gasteiger partial charge on any atom is -0.383 e. The van der Waals surface area contributed by atoms with Gasteiger partial charge < -0.3 is 4.90 Å². The van der Waals surface area contributed by atoms with E-state index in [2.05, 4.69) is 18.1 Å². The summed E-state index contributed by atoms with van der Waals surface area (Å²) in [6.07, 6.45) is 5.54. The lowest BCUT2D eigenvalue weighted by Crippen LogP contribution is -2.02. The Bertz CT molecular complexity index is 699. The van der Waals surface area contributed by atoms with Crippen LogP contribution in [0.3, 0.4) is 0 Å². The molecule has 1 heterocycles. The Balaban J connectivity index is 2.66. The average molecular weight is 285 g/mol. The van der Waals surface area contributed by atoms with Gasteiger partial charge in [-0.1, -0.05) is 49.0 Å². The third kappa shape index (κ3) is 2.91. The van der Waals surface area contributed by atoms with Gasteiger partial charge in [0, 0.05) is 31.3 Å². The molecule has 0 radical (unpaired) electrons. The summed E-state index contributed by atoms with van der Waals surface area (Å²) in [5.41, 5.74) is 3.63. The molecule has 0 unspecified atom stereocenters. The van der Waals surface area contributed by atoms with Gasteiger partial charge in [0.1, 0.15) is 0 Å². The monoisotopic (exact) mass is 284 g/mol. The zero-order valence-electron chi connectivity index (χ0n) is 11.7. The maximum atomic E-state index is 6.35. The van der Waals surface area contributed by atoms with Crippen LogP contribution in [0.25, 0.3) is 22.6 Å². The molecule has 102 valence electrons. The molecular weight excluding hydrogens is 268 g/mol. The van der Waals surface area contributed by atoms with E-state index in [1.54, 1.807) is 12.2 Å². The van der Waals surface area contributed by atoms with Gasteiger partial charge in [-0.25, -0.2) is 4.98 Å². The van der Waals surface area contributed by atoms with Crippen LogP contribution in [0.4, 0.5) is 0 Å². The predicted octanol–water partition coefficient (Wildman–Crippen LogP) is 4.62. The highest BCUT2D eigenvalue weighted by molar-refractivity contribution is 6.35. The van der Waals surface area contributed by atoms with Crippen molar-refractivity contribution in [2.24, 2.45) is 0 Å².